The molecule has 2 N–H and O–H groups in total. The first-order chi connectivity index (χ1) is 14.0. The van der Waals surface area contributed by atoms with Crippen molar-refractivity contribution in [2.24, 2.45) is 0 Å². The van der Waals surface area contributed by atoms with E-state index in [4.69, 9.17) is 4.74 Å². The zero-order valence-corrected chi connectivity index (χ0v) is 16.8. The van der Waals surface area contributed by atoms with Crippen LogP contribution >= 0.6 is 0 Å². The van der Waals surface area contributed by atoms with Gasteiger partial charge >= 0.3 is 0 Å². The highest BCUT2D eigenvalue weighted by Gasteiger charge is 2.35. The molecule has 1 saturated heterocycles. The van der Waals surface area contributed by atoms with Gasteiger partial charge in [0.25, 0.3) is 5.91 Å². The van der Waals surface area contributed by atoms with Crippen molar-refractivity contribution in [3.8, 4) is 0 Å². The van der Waals surface area contributed by atoms with Gasteiger partial charge in [0.2, 0.25) is 9.84 Å². The lowest BCUT2D eigenvalue weighted by Crippen LogP contribution is -3.14. The van der Waals surface area contributed by atoms with Crippen LogP contribution in [0.15, 0.2) is 52.3 Å². The smallest absolute Gasteiger partial charge is 0.251 e. The lowest BCUT2D eigenvalue weighted by atomic mass is 10.0. The molecule has 0 atom stereocenters. The predicted molar refractivity (Wildman–Crippen MR) is 105 cm³/mol. The number of ether oxygens (including phenoxy) is 1. The standard InChI is InChI=1S/C21H22N2O5S/c24-20-16-4-1-2-5-18(16)29(26,27)19-14-15(6-7-17(19)20)21(25)22-8-3-9-23-10-12-28-13-11-23/h1-2,4-7,14H,3,8-13H2,(H,22,25)/p+1. The molecule has 2 heterocycles. The van der Waals surface area contributed by atoms with Gasteiger partial charge < -0.3 is 15.0 Å². The third-order valence-corrected chi connectivity index (χ3v) is 7.24. The molecule has 1 fully saturated rings. The van der Waals surface area contributed by atoms with Gasteiger partial charge in [0.05, 0.1) is 29.5 Å². The number of quaternary nitrogens is 1. The van der Waals surface area contributed by atoms with Crippen LogP contribution in [0.2, 0.25) is 0 Å². The van der Waals surface area contributed by atoms with Crippen LogP contribution in [0.5, 0.6) is 0 Å². The Morgan fingerprint density at radius 2 is 1.76 bits per heavy atom. The highest BCUT2D eigenvalue weighted by atomic mass is 32.2. The monoisotopic (exact) mass is 415 g/mol. The van der Waals surface area contributed by atoms with Crippen molar-refractivity contribution in [3.05, 3.63) is 59.2 Å². The number of nitrogens with one attached hydrogen (secondary N) is 2. The molecule has 0 spiro atoms. The van der Waals surface area contributed by atoms with Crippen LogP contribution in [0.3, 0.4) is 0 Å². The normalized spacial score (nSPS) is 18.0. The number of sulfone groups is 1. The van der Waals surface area contributed by atoms with E-state index in [1.807, 2.05) is 0 Å². The number of hydrogen-bond acceptors (Lipinski definition) is 5. The first-order valence-electron chi connectivity index (χ1n) is 9.71. The molecule has 4 rings (SSSR count). The number of benzene rings is 2. The van der Waals surface area contributed by atoms with E-state index in [1.54, 1.807) is 12.1 Å². The van der Waals surface area contributed by atoms with Crippen LogP contribution in [-0.2, 0) is 14.6 Å². The minimum absolute atomic E-state index is 0.0106. The molecule has 2 aliphatic rings. The number of carbonyl (C=O) groups is 2. The molecule has 0 radical (unpaired) electrons. The Hall–Kier alpha value is -2.55. The lowest BCUT2D eigenvalue weighted by molar-refractivity contribution is -0.908. The number of rotatable bonds is 5. The number of fused-ring (bicyclic) bond motifs is 2. The number of carbonyl (C=O) groups excluding carboxylic acids is 2. The second-order valence-electron chi connectivity index (χ2n) is 7.26. The summed E-state index contributed by atoms with van der Waals surface area (Å²) in [4.78, 5) is 26.5. The van der Waals surface area contributed by atoms with Gasteiger partial charge in [-0.05, 0) is 30.3 Å². The van der Waals surface area contributed by atoms with Gasteiger partial charge in [-0.2, -0.15) is 0 Å². The maximum absolute atomic E-state index is 13.0. The summed E-state index contributed by atoms with van der Waals surface area (Å²) in [6.07, 6.45) is 0.830. The molecule has 0 saturated carbocycles. The number of hydrogen-bond donors (Lipinski definition) is 2. The van der Waals surface area contributed by atoms with Crippen LogP contribution < -0.4 is 10.2 Å². The summed E-state index contributed by atoms with van der Waals surface area (Å²) >= 11 is 0. The second-order valence-corrected chi connectivity index (χ2v) is 9.15. The molecule has 2 aromatic carbocycles. The number of amides is 1. The SMILES string of the molecule is O=C(NCCC[NH+]1CCOCC1)c1ccc2c(c1)S(=O)(=O)c1ccccc1C2=O. The molecule has 1 amide bonds. The van der Waals surface area contributed by atoms with Gasteiger partial charge in [0.1, 0.15) is 13.1 Å². The Morgan fingerprint density at radius 1 is 1.03 bits per heavy atom. The van der Waals surface area contributed by atoms with E-state index < -0.39 is 9.84 Å². The Kier molecular flexibility index (Phi) is 5.49. The van der Waals surface area contributed by atoms with Crippen molar-refractivity contribution in [1.29, 1.82) is 0 Å². The largest absolute Gasteiger partial charge is 0.370 e. The van der Waals surface area contributed by atoms with Gasteiger partial charge in [-0.15, -0.1) is 0 Å². The number of morpholine rings is 1. The summed E-state index contributed by atoms with van der Waals surface area (Å²) in [5.41, 5.74) is 0.511. The van der Waals surface area contributed by atoms with Crippen LogP contribution in [0.4, 0.5) is 0 Å². The fourth-order valence-corrected chi connectivity index (χ4v) is 5.46. The molecular formula is C21H23N2O5S+. The van der Waals surface area contributed by atoms with Crippen molar-refractivity contribution in [2.75, 3.05) is 39.4 Å². The average Bonchev–Trinajstić information content (AvgIpc) is 2.75. The van der Waals surface area contributed by atoms with Crippen molar-refractivity contribution in [3.63, 3.8) is 0 Å². The molecule has 2 aliphatic heterocycles. The van der Waals surface area contributed by atoms with Crippen LogP contribution in [-0.4, -0.2) is 59.5 Å². The summed E-state index contributed by atoms with van der Waals surface area (Å²) in [6.45, 7) is 4.96. The van der Waals surface area contributed by atoms with Gasteiger partial charge in [0.15, 0.2) is 5.78 Å². The Bertz CT molecular complexity index is 1060. The highest BCUT2D eigenvalue weighted by molar-refractivity contribution is 7.91. The molecule has 0 aromatic heterocycles. The molecule has 0 bridgehead atoms. The summed E-state index contributed by atoms with van der Waals surface area (Å²) in [6, 6.07) is 10.4. The van der Waals surface area contributed by atoms with Crippen LogP contribution in [0.1, 0.15) is 32.7 Å². The van der Waals surface area contributed by atoms with Crippen LogP contribution in [0, 0.1) is 0 Å². The quantitative estimate of drug-likeness (QED) is 0.577. The number of ketones is 1. The first kappa shape index (κ1) is 19.8. The molecule has 8 heteroatoms. The van der Waals surface area contributed by atoms with Crippen molar-refractivity contribution >= 4 is 21.5 Å². The average molecular weight is 415 g/mol. The van der Waals surface area contributed by atoms with Crippen molar-refractivity contribution < 1.29 is 27.6 Å². The highest BCUT2D eigenvalue weighted by Crippen LogP contribution is 2.34. The molecule has 29 heavy (non-hydrogen) atoms. The fourth-order valence-electron chi connectivity index (χ4n) is 3.78. The maximum atomic E-state index is 13.0. The lowest BCUT2D eigenvalue weighted by Gasteiger charge is -2.23. The van der Waals surface area contributed by atoms with Crippen molar-refractivity contribution in [2.45, 2.75) is 16.2 Å². The van der Waals surface area contributed by atoms with Gasteiger partial charge in [-0.25, -0.2) is 8.42 Å². The molecule has 7 nitrogen and oxygen atoms in total. The van der Waals surface area contributed by atoms with Crippen LogP contribution in [0.25, 0.3) is 0 Å². The second kappa shape index (κ2) is 8.06. The Morgan fingerprint density at radius 3 is 2.55 bits per heavy atom. The molecular weight excluding hydrogens is 392 g/mol. The zero-order valence-electron chi connectivity index (χ0n) is 15.9. The topological polar surface area (TPSA) is 94.0 Å². The predicted octanol–water partition coefficient (Wildman–Crippen LogP) is 0.0988. The van der Waals surface area contributed by atoms with E-state index >= 15 is 0 Å². The minimum Gasteiger partial charge on any atom is -0.370 e. The van der Waals surface area contributed by atoms with Gasteiger partial charge in [-0.3, -0.25) is 9.59 Å². The summed E-state index contributed by atoms with van der Waals surface area (Å²) in [7, 11) is -3.85. The molecule has 0 unspecified atom stereocenters. The summed E-state index contributed by atoms with van der Waals surface area (Å²) in [5.74, 6) is -0.683. The zero-order chi connectivity index (χ0) is 20.4. The van der Waals surface area contributed by atoms with E-state index in [0.29, 0.717) is 6.54 Å². The molecule has 2 aromatic rings. The van der Waals surface area contributed by atoms with E-state index in [2.05, 4.69) is 5.32 Å². The van der Waals surface area contributed by atoms with Gasteiger partial charge in [0, 0.05) is 29.7 Å². The molecule has 152 valence electrons. The maximum Gasteiger partial charge on any atom is 0.251 e. The third-order valence-electron chi connectivity index (χ3n) is 5.39. The minimum atomic E-state index is -3.85. The molecule has 0 aliphatic carbocycles. The van der Waals surface area contributed by atoms with E-state index in [1.165, 1.54) is 35.2 Å². The Labute approximate surface area is 169 Å². The van der Waals surface area contributed by atoms with E-state index in [0.717, 1.165) is 39.3 Å². The Balaban J connectivity index is 1.47. The first-order valence-corrected chi connectivity index (χ1v) is 11.2. The van der Waals surface area contributed by atoms with E-state index in [9.17, 15) is 18.0 Å². The summed E-state index contributed by atoms with van der Waals surface area (Å²) < 4.78 is 31.2. The summed E-state index contributed by atoms with van der Waals surface area (Å²) in [5, 5.41) is 2.84. The third kappa shape index (κ3) is 3.83. The van der Waals surface area contributed by atoms with E-state index in [-0.39, 0.29) is 38.2 Å². The fraction of sp³-hybridized carbons (Fsp3) is 0.333. The van der Waals surface area contributed by atoms with Gasteiger partial charge in [-0.1, -0.05) is 12.1 Å². The van der Waals surface area contributed by atoms with Crippen molar-refractivity contribution in [1.82, 2.24) is 5.32 Å².